The number of hydrogen-bond acceptors (Lipinski definition) is 4. The number of unbranched alkanes of at least 4 members (excludes halogenated alkanes) is 1. The van der Waals surface area contributed by atoms with Gasteiger partial charge in [-0.3, -0.25) is 4.79 Å². The van der Waals surface area contributed by atoms with Crippen LogP contribution in [0.5, 0.6) is 0 Å². The molecule has 0 aromatic carbocycles. The SMILES string of the molecule is CCOC(=O)C(C)(C)CCCCS(N)(=O)=O. The zero-order chi connectivity index (χ0) is 12.8. The fraction of sp³-hybridized carbons (Fsp3) is 0.900. The summed E-state index contributed by atoms with van der Waals surface area (Å²) in [4.78, 5) is 11.5. The number of carbonyl (C=O) groups excluding carboxylic acids is 1. The van der Waals surface area contributed by atoms with Crippen LogP contribution in [0.4, 0.5) is 0 Å². The number of nitrogens with two attached hydrogens (primary N) is 1. The second-order valence-corrected chi connectivity index (χ2v) is 6.16. The summed E-state index contributed by atoms with van der Waals surface area (Å²) < 4.78 is 26.3. The number of hydrogen-bond donors (Lipinski definition) is 1. The van der Waals surface area contributed by atoms with Gasteiger partial charge >= 0.3 is 5.97 Å². The van der Waals surface area contributed by atoms with Crippen LogP contribution < -0.4 is 5.14 Å². The summed E-state index contributed by atoms with van der Waals surface area (Å²) in [6.07, 6.45) is 1.71. The molecule has 0 unspecified atom stereocenters. The third-order valence-corrected chi connectivity index (χ3v) is 3.17. The highest BCUT2D eigenvalue weighted by molar-refractivity contribution is 7.89. The lowest BCUT2D eigenvalue weighted by Crippen LogP contribution is -2.27. The molecule has 0 aliphatic carbocycles. The van der Waals surface area contributed by atoms with Crippen LogP contribution in [0, 0.1) is 5.41 Å². The van der Waals surface area contributed by atoms with E-state index in [1.165, 1.54) is 0 Å². The van der Waals surface area contributed by atoms with Crippen LogP contribution in [0.25, 0.3) is 0 Å². The monoisotopic (exact) mass is 251 g/mol. The van der Waals surface area contributed by atoms with Gasteiger partial charge in [-0.1, -0.05) is 6.42 Å². The summed E-state index contributed by atoms with van der Waals surface area (Å²) in [5.74, 6) is -0.281. The van der Waals surface area contributed by atoms with Gasteiger partial charge < -0.3 is 4.74 Å². The van der Waals surface area contributed by atoms with Crippen molar-refractivity contribution in [3.8, 4) is 0 Å². The molecule has 0 aromatic heterocycles. The van der Waals surface area contributed by atoms with E-state index in [4.69, 9.17) is 9.88 Å². The molecule has 96 valence electrons. The first kappa shape index (κ1) is 15.4. The lowest BCUT2D eigenvalue weighted by atomic mass is 9.87. The molecule has 0 saturated heterocycles. The van der Waals surface area contributed by atoms with Gasteiger partial charge in [-0.25, -0.2) is 13.6 Å². The Kier molecular flexibility index (Phi) is 5.96. The highest BCUT2D eigenvalue weighted by Crippen LogP contribution is 2.24. The minimum atomic E-state index is -3.39. The average Bonchev–Trinajstić information content (AvgIpc) is 2.11. The number of ether oxygens (including phenoxy) is 1. The summed E-state index contributed by atoms with van der Waals surface area (Å²) in [5.41, 5.74) is -0.561. The number of primary sulfonamides is 1. The molecule has 0 spiro atoms. The number of rotatable bonds is 7. The van der Waals surface area contributed by atoms with Gasteiger partial charge in [0.25, 0.3) is 0 Å². The number of esters is 1. The quantitative estimate of drug-likeness (QED) is 0.541. The van der Waals surface area contributed by atoms with E-state index in [2.05, 4.69) is 0 Å². The first-order valence-corrected chi connectivity index (χ1v) is 7.08. The lowest BCUT2D eigenvalue weighted by Gasteiger charge is -2.21. The Bertz CT molecular complexity index is 322. The molecule has 2 N–H and O–H groups in total. The summed E-state index contributed by atoms with van der Waals surface area (Å²) >= 11 is 0. The van der Waals surface area contributed by atoms with Crippen molar-refractivity contribution in [3.05, 3.63) is 0 Å². The van der Waals surface area contributed by atoms with Crippen LogP contribution in [0.2, 0.25) is 0 Å². The molecule has 0 aliphatic rings. The van der Waals surface area contributed by atoms with E-state index in [9.17, 15) is 13.2 Å². The fourth-order valence-corrected chi connectivity index (χ4v) is 1.91. The van der Waals surface area contributed by atoms with Crippen molar-refractivity contribution in [1.29, 1.82) is 0 Å². The van der Waals surface area contributed by atoms with Crippen molar-refractivity contribution in [2.75, 3.05) is 12.4 Å². The zero-order valence-corrected chi connectivity index (χ0v) is 11.0. The van der Waals surface area contributed by atoms with Gasteiger partial charge in [0.1, 0.15) is 0 Å². The van der Waals surface area contributed by atoms with Crippen molar-refractivity contribution in [2.24, 2.45) is 10.6 Å². The predicted octanol–water partition coefficient (Wildman–Crippen LogP) is 1.03. The molecule has 0 fully saturated rings. The summed E-state index contributed by atoms with van der Waals surface area (Å²) in [6, 6.07) is 0. The normalized spacial score (nSPS) is 12.5. The molecule has 0 bridgehead atoms. The summed E-state index contributed by atoms with van der Waals surface area (Å²) in [5, 5.41) is 4.87. The van der Waals surface area contributed by atoms with Crippen LogP contribution in [-0.4, -0.2) is 26.7 Å². The summed E-state index contributed by atoms with van der Waals surface area (Å²) in [7, 11) is -3.39. The lowest BCUT2D eigenvalue weighted by molar-refractivity contribution is -0.153. The molecular weight excluding hydrogens is 230 g/mol. The molecule has 0 radical (unpaired) electrons. The highest BCUT2D eigenvalue weighted by atomic mass is 32.2. The highest BCUT2D eigenvalue weighted by Gasteiger charge is 2.28. The standard InChI is InChI=1S/C10H21NO4S/c1-4-15-9(12)10(2,3)7-5-6-8-16(11,13)14/h4-8H2,1-3H3,(H2,11,13,14). The Morgan fingerprint density at radius 1 is 1.31 bits per heavy atom. The average molecular weight is 251 g/mol. The molecular formula is C10H21NO4S. The minimum absolute atomic E-state index is 0.0358. The Hall–Kier alpha value is -0.620. The van der Waals surface area contributed by atoms with Crippen molar-refractivity contribution >= 4 is 16.0 Å². The Morgan fingerprint density at radius 3 is 2.31 bits per heavy atom. The minimum Gasteiger partial charge on any atom is -0.466 e. The molecule has 0 saturated carbocycles. The smallest absolute Gasteiger partial charge is 0.311 e. The number of sulfonamides is 1. The van der Waals surface area contributed by atoms with Crippen molar-refractivity contribution in [3.63, 3.8) is 0 Å². The maximum Gasteiger partial charge on any atom is 0.311 e. The van der Waals surface area contributed by atoms with Gasteiger partial charge in [-0.05, 0) is 33.6 Å². The zero-order valence-electron chi connectivity index (χ0n) is 10.2. The first-order valence-electron chi connectivity index (χ1n) is 5.37. The Balaban J connectivity index is 3.96. The van der Waals surface area contributed by atoms with Gasteiger partial charge in [0.15, 0.2) is 0 Å². The number of carbonyl (C=O) groups is 1. The molecule has 0 aromatic rings. The van der Waals surface area contributed by atoms with E-state index in [1.807, 2.05) is 0 Å². The van der Waals surface area contributed by atoms with Crippen LogP contribution >= 0.6 is 0 Å². The van der Waals surface area contributed by atoms with Gasteiger partial charge in [0.2, 0.25) is 10.0 Å². The van der Waals surface area contributed by atoms with E-state index < -0.39 is 15.4 Å². The van der Waals surface area contributed by atoms with Crippen LogP contribution in [0.1, 0.15) is 40.0 Å². The largest absolute Gasteiger partial charge is 0.466 e. The molecule has 0 heterocycles. The van der Waals surface area contributed by atoms with E-state index in [-0.39, 0.29) is 11.7 Å². The molecule has 0 atom stereocenters. The van der Waals surface area contributed by atoms with E-state index in [1.54, 1.807) is 20.8 Å². The molecule has 16 heavy (non-hydrogen) atoms. The topological polar surface area (TPSA) is 86.5 Å². The van der Waals surface area contributed by atoms with Crippen LogP contribution in [0.3, 0.4) is 0 Å². The maximum atomic E-state index is 11.5. The molecule has 5 nitrogen and oxygen atoms in total. The molecule has 6 heteroatoms. The van der Waals surface area contributed by atoms with Gasteiger partial charge in [0, 0.05) is 0 Å². The van der Waals surface area contributed by atoms with E-state index in [0.717, 1.165) is 0 Å². The second-order valence-electron chi connectivity index (χ2n) is 4.43. The van der Waals surface area contributed by atoms with Crippen molar-refractivity contribution in [1.82, 2.24) is 0 Å². The van der Waals surface area contributed by atoms with Crippen LogP contribution in [0.15, 0.2) is 0 Å². The molecule has 0 aliphatic heterocycles. The van der Waals surface area contributed by atoms with E-state index in [0.29, 0.717) is 25.9 Å². The first-order chi connectivity index (χ1) is 7.19. The molecule has 0 rings (SSSR count). The van der Waals surface area contributed by atoms with Crippen LogP contribution in [-0.2, 0) is 19.6 Å². The maximum absolute atomic E-state index is 11.5. The van der Waals surface area contributed by atoms with Crippen molar-refractivity contribution < 1.29 is 17.9 Å². The van der Waals surface area contributed by atoms with Gasteiger partial charge in [-0.15, -0.1) is 0 Å². The van der Waals surface area contributed by atoms with Gasteiger partial charge in [0.05, 0.1) is 17.8 Å². The third-order valence-electron chi connectivity index (χ3n) is 2.31. The van der Waals surface area contributed by atoms with Gasteiger partial charge in [-0.2, -0.15) is 0 Å². The summed E-state index contributed by atoms with van der Waals surface area (Å²) in [6.45, 7) is 5.71. The predicted molar refractivity (Wildman–Crippen MR) is 62.2 cm³/mol. The second kappa shape index (κ2) is 6.20. The third kappa shape index (κ3) is 6.79. The Labute approximate surface area is 97.4 Å². The van der Waals surface area contributed by atoms with Crippen molar-refractivity contribution in [2.45, 2.75) is 40.0 Å². The fourth-order valence-electron chi connectivity index (χ4n) is 1.30. The molecule has 0 amide bonds. The van der Waals surface area contributed by atoms with E-state index >= 15 is 0 Å². The Morgan fingerprint density at radius 2 is 1.88 bits per heavy atom.